The molecule has 26 heavy (non-hydrogen) atoms. The molecule has 1 atom stereocenters. The minimum Gasteiger partial charge on any atom is -0.444 e. The van der Waals surface area contributed by atoms with Gasteiger partial charge in [0.25, 0.3) is 0 Å². The second-order valence-corrected chi connectivity index (χ2v) is 7.21. The molecule has 1 heterocycles. The Morgan fingerprint density at radius 3 is 2.62 bits per heavy atom. The summed E-state index contributed by atoms with van der Waals surface area (Å²) in [5, 5.41) is 0. The van der Waals surface area contributed by atoms with E-state index >= 15 is 0 Å². The van der Waals surface area contributed by atoms with E-state index in [2.05, 4.69) is 0 Å². The molecular weight excluding hydrogens is 346 g/mol. The van der Waals surface area contributed by atoms with E-state index in [0.717, 1.165) is 12.1 Å². The van der Waals surface area contributed by atoms with Gasteiger partial charge in [0.1, 0.15) is 18.2 Å². The molecule has 1 aromatic carbocycles. The van der Waals surface area contributed by atoms with Crippen molar-refractivity contribution in [2.45, 2.75) is 32.5 Å². The molecule has 1 saturated heterocycles. The molecule has 144 valence electrons. The van der Waals surface area contributed by atoms with Crippen LogP contribution in [0.2, 0.25) is 0 Å². The molecule has 0 radical (unpaired) electrons. The highest BCUT2D eigenvalue weighted by molar-refractivity contribution is 5.82. The average Bonchev–Trinajstić information content (AvgIpc) is 2.55. The molecule has 2 rings (SSSR count). The molecule has 1 aliphatic rings. The summed E-state index contributed by atoms with van der Waals surface area (Å²) in [6.45, 7) is 5.93. The van der Waals surface area contributed by atoms with Gasteiger partial charge in [0, 0.05) is 13.6 Å². The summed E-state index contributed by atoms with van der Waals surface area (Å²) in [6.07, 6.45) is -1.13. The fourth-order valence-electron chi connectivity index (χ4n) is 2.50. The molecular formula is C18H24F2N2O4. The van der Waals surface area contributed by atoms with E-state index in [-0.39, 0.29) is 25.6 Å². The molecule has 1 fully saturated rings. The third-order valence-electron chi connectivity index (χ3n) is 3.81. The number of carbonyl (C=O) groups excluding carboxylic acids is 2. The van der Waals surface area contributed by atoms with Crippen LogP contribution < -0.4 is 0 Å². The highest BCUT2D eigenvalue weighted by Crippen LogP contribution is 2.24. The van der Waals surface area contributed by atoms with Gasteiger partial charge in [-0.25, -0.2) is 13.6 Å². The number of rotatable bonds is 3. The lowest BCUT2D eigenvalue weighted by molar-refractivity contribution is -0.139. The number of ether oxygens (including phenoxy) is 2. The zero-order chi connectivity index (χ0) is 19.5. The number of likely N-dealkylation sites (N-methyl/N-ethyl adjacent to an activating group) is 1. The Labute approximate surface area is 151 Å². The molecule has 6 nitrogen and oxygen atoms in total. The third-order valence-corrected chi connectivity index (χ3v) is 3.81. The number of morpholine rings is 1. The molecule has 8 heteroatoms. The molecule has 0 bridgehead atoms. The summed E-state index contributed by atoms with van der Waals surface area (Å²) in [4.78, 5) is 27.2. The van der Waals surface area contributed by atoms with Crippen LogP contribution in [0.25, 0.3) is 0 Å². The van der Waals surface area contributed by atoms with Gasteiger partial charge in [-0.1, -0.05) is 6.07 Å². The first kappa shape index (κ1) is 20.1. The van der Waals surface area contributed by atoms with Crippen LogP contribution in [-0.4, -0.2) is 60.7 Å². The van der Waals surface area contributed by atoms with E-state index in [4.69, 9.17) is 9.47 Å². The fraction of sp³-hybridized carbons (Fsp3) is 0.556. The van der Waals surface area contributed by atoms with Crippen molar-refractivity contribution in [3.05, 3.63) is 35.4 Å². The maximum absolute atomic E-state index is 13.4. The third kappa shape index (κ3) is 5.39. The molecule has 2 amide bonds. The first-order valence-corrected chi connectivity index (χ1v) is 8.35. The van der Waals surface area contributed by atoms with Gasteiger partial charge in [0.2, 0.25) is 5.91 Å². The fourth-order valence-corrected chi connectivity index (χ4v) is 2.50. The Hall–Kier alpha value is -2.22. The van der Waals surface area contributed by atoms with Crippen LogP contribution in [0.15, 0.2) is 18.2 Å². The molecule has 0 aromatic heterocycles. The van der Waals surface area contributed by atoms with Gasteiger partial charge in [-0.3, -0.25) is 4.79 Å². The van der Waals surface area contributed by atoms with Gasteiger partial charge in [0.15, 0.2) is 11.6 Å². The lowest BCUT2D eigenvalue weighted by Crippen LogP contribution is -2.47. The van der Waals surface area contributed by atoms with E-state index < -0.39 is 29.4 Å². The molecule has 0 unspecified atom stereocenters. The van der Waals surface area contributed by atoms with Crippen molar-refractivity contribution in [1.29, 1.82) is 0 Å². The van der Waals surface area contributed by atoms with E-state index in [1.165, 1.54) is 22.9 Å². The van der Waals surface area contributed by atoms with Crippen LogP contribution in [0.5, 0.6) is 0 Å². The van der Waals surface area contributed by atoms with Crippen LogP contribution in [0.3, 0.4) is 0 Å². The first-order chi connectivity index (χ1) is 12.1. The molecule has 0 saturated carbocycles. The highest BCUT2D eigenvalue weighted by atomic mass is 19.2. The lowest BCUT2D eigenvalue weighted by Gasteiger charge is -2.34. The maximum atomic E-state index is 13.4. The van der Waals surface area contributed by atoms with Gasteiger partial charge in [-0.15, -0.1) is 0 Å². The Morgan fingerprint density at radius 2 is 2.00 bits per heavy atom. The van der Waals surface area contributed by atoms with Crippen molar-refractivity contribution in [2.75, 3.05) is 33.3 Å². The molecule has 1 aromatic rings. The number of amides is 2. The number of hydrogen-bond acceptors (Lipinski definition) is 4. The van der Waals surface area contributed by atoms with Crippen LogP contribution in [-0.2, 0) is 14.3 Å². The summed E-state index contributed by atoms with van der Waals surface area (Å²) in [5.41, 5.74) is -0.188. The lowest BCUT2D eigenvalue weighted by atomic mass is 10.1. The number of benzene rings is 1. The maximum Gasteiger partial charge on any atom is 0.410 e. The van der Waals surface area contributed by atoms with E-state index in [0.29, 0.717) is 12.1 Å². The first-order valence-electron chi connectivity index (χ1n) is 8.35. The molecule has 0 aliphatic carbocycles. The smallest absolute Gasteiger partial charge is 0.410 e. The highest BCUT2D eigenvalue weighted by Gasteiger charge is 2.28. The summed E-state index contributed by atoms with van der Waals surface area (Å²) in [5.74, 6) is -2.16. The zero-order valence-corrected chi connectivity index (χ0v) is 15.4. The van der Waals surface area contributed by atoms with Gasteiger partial charge in [-0.2, -0.15) is 0 Å². The number of nitrogens with zero attached hydrogens (tertiary/aromatic N) is 2. The Bertz CT molecular complexity index is 676. The van der Waals surface area contributed by atoms with Crippen molar-refractivity contribution < 1.29 is 27.8 Å². The minimum atomic E-state index is -0.959. The van der Waals surface area contributed by atoms with Crippen molar-refractivity contribution in [3.63, 3.8) is 0 Å². The van der Waals surface area contributed by atoms with Crippen molar-refractivity contribution in [2.24, 2.45) is 0 Å². The Balaban J connectivity index is 1.96. The normalized spacial score (nSPS) is 17.8. The summed E-state index contributed by atoms with van der Waals surface area (Å²) in [6, 6.07) is 3.54. The van der Waals surface area contributed by atoms with Crippen molar-refractivity contribution >= 4 is 12.0 Å². The van der Waals surface area contributed by atoms with Gasteiger partial charge >= 0.3 is 6.09 Å². The quantitative estimate of drug-likeness (QED) is 0.821. The predicted octanol–water partition coefficient (Wildman–Crippen LogP) is 2.73. The van der Waals surface area contributed by atoms with Gasteiger partial charge in [-0.05, 0) is 38.5 Å². The van der Waals surface area contributed by atoms with Crippen LogP contribution in [0.4, 0.5) is 13.6 Å². The summed E-state index contributed by atoms with van der Waals surface area (Å²) >= 11 is 0. The largest absolute Gasteiger partial charge is 0.444 e. The van der Waals surface area contributed by atoms with Crippen molar-refractivity contribution in [3.8, 4) is 0 Å². The van der Waals surface area contributed by atoms with Crippen LogP contribution in [0, 0.1) is 11.6 Å². The van der Waals surface area contributed by atoms with E-state index in [9.17, 15) is 18.4 Å². The monoisotopic (exact) mass is 370 g/mol. The second kappa shape index (κ2) is 7.99. The zero-order valence-electron chi connectivity index (χ0n) is 15.4. The summed E-state index contributed by atoms with van der Waals surface area (Å²) < 4.78 is 37.3. The SMILES string of the molecule is CN(CC(=O)N1CCO[C@@H](c2ccc(F)c(F)c2)C1)C(=O)OC(C)(C)C. The van der Waals surface area contributed by atoms with E-state index in [1.807, 2.05) is 0 Å². The number of hydrogen-bond donors (Lipinski definition) is 0. The van der Waals surface area contributed by atoms with Gasteiger partial charge in [0.05, 0.1) is 13.2 Å². The molecule has 0 N–H and O–H groups in total. The standard InChI is InChI=1S/C18H24F2N2O4/c1-18(2,3)26-17(24)21(4)11-16(23)22-7-8-25-15(10-22)12-5-6-13(19)14(20)9-12/h5-6,9,15H,7-8,10-11H2,1-4H3/t15-/m1/s1. The molecule has 1 aliphatic heterocycles. The Kier molecular flexibility index (Phi) is 6.17. The average molecular weight is 370 g/mol. The second-order valence-electron chi connectivity index (χ2n) is 7.21. The summed E-state index contributed by atoms with van der Waals surface area (Å²) in [7, 11) is 1.49. The predicted molar refractivity (Wildman–Crippen MR) is 90.5 cm³/mol. The minimum absolute atomic E-state index is 0.139. The van der Waals surface area contributed by atoms with Crippen molar-refractivity contribution in [1.82, 2.24) is 9.80 Å². The van der Waals surface area contributed by atoms with Gasteiger partial charge < -0.3 is 19.3 Å². The van der Waals surface area contributed by atoms with Crippen LogP contribution in [0.1, 0.15) is 32.4 Å². The number of carbonyl (C=O) groups is 2. The number of halogens is 2. The van der Waals surface area contributed by atoms with Crippen LogP contribution >= 0.6 is 0 Å². The van der Waals surface area contributed by atoms with E-state index in [1.54, 1.807) is 20.8 Å². The Morgan fingerprint density at radius 1 is 1.31 bits per heavy atom. The topological polar surface area (TPSA) is 59.1 Å². The molecule has 0 spiro atoms.